The quantitative estimate of drug-likeness (QED) is 0.373. The van der Waals surface area contributed by atoms with E-state index < -0.39 is 17.7 Å². The molecule has 5 nitrogen and oxygen atoms in total. The van der Waals surface area contributed by atoms with E-state index in [-0.39, 0.29) is 17.4 Å². The zero-order chi connectivity index (χ0) is 22.8. The fraction of sp³-hybridized carbons (Fsp3) is 0.407. The monoisotopic (exact) mass is 433 g/mol. The lowest BCUT2D eigenvalue weighted by Crippen LogP contribution is -2.37. The maximum absolute atomic E-state index is 13.2. The third kappa shape index (κ3) is 4.04. The van der Waals surface area contributed by atoms with Crippen LogP contribution in [0, 0.1) is 13.8 Å². The Morgan fingerprint density at radius 2 is 1.75 bits per heavy atom. The van der Waals surface area contributed by atoms with Crippen molar-refractivity contribution in [3.63, 3.8) is 0 Å². The van der Waals surface area contributed by atoms with Crippen LogP contribution in [-0.2, 0) is 9.59 Å². The van der Waals surface area contributed by atoms with Gasteiger partial charge in [0.25, 0.3) is 11.7 Å². The SMILES string of the molecule is CCCOc1ccc(C2/C(=C(\O)c3cc(C)ccc3C)C(=O)C(=O)N2C2CCCC2)cc1. The molecule has 2 aromatic rings. The predicted octanol–water partition coefficient (Wildman–Crippen LogP) is 5.46. The summed E-state index contributed by atoms with van der Waals surface area (Å²) in [5, 5.41) is 11.3. The van der Waals surface area contributed by atoms with E-state index in [0.29, 0.717) is 12.2 Å². The predicted molar refractivity (Wildman–Crippen MR) is 125 cm³/mol. The van der Waals surface area contributed by atoms with Crippen LogP contribution in [0.25, 0.3) is 5.76 Å². The Hall–Kier alpha value is -3.08. The number of rotatable bonds is 6. The minimum Gasteiger partial charge on any atom is -0.507 e. The molecule has 1 aliphatic heterocycles. The van der Waals surface area contributed by atoms with Crippen LogP contribution in [-0.4, -0.2) is 34.3 Å². The van der Waals surface area contributed by atoms with Crippen molar-refractivity contribution in [2.75, 3.05) is 6.61 Å². The normalized spacial score (nSPS) is 20.8. The number of Topliss-reactive ketones (excluding diaryl/α,β-unsaturated/α-hetero) is 1. The minimum atomic E-state index is -0.605. The van der Waals surface area contributed by atoms with Gasteiger partial charge in [-0.2, -0.15) is 0 Å². The minimum absolute atomic E-state index is 0.0105. The molecule has 1 N–H and O–H groups in total. The zero-order valence-corrected chi connectivity index (χ0v) is 19.1. The maximum Gasteiger partial charge on any atom is 0.295 e. The highest BCUT2D eigenvalue weighted by atomic mass is 16.5. The Balaban J connectivity index is 1.84. The van der Waals surface area contributed by atoms with E-state index in [0.717, 1.165) is 54.5 Å². The standard InChI is InChI=1S/C27H31NO4/c1-4-15-32-21-13-11-19(12-14-21)24-23(25(29)22-16-17(2)9-10-18(22)3)26(30)27(31)28(24)20-7-5-6-8-20/h9-14,16,20,24,29H,4-8,15H2,1-3H3/b25-23+. The van der Waals surface area contributed by atoms with Crippen LogP contribution in [0.3, 0.4) is 0 Å². The van der Waals surface area contributed by atoms with Gasteiger partial charge in [0.1, 0.15) is 11.5 Å². The topological polar surface area (TPSA) is 66.8 Å². The molecular weight excluding hydrogens is 402 g/mol. The summed E-state index contributed by atoms with van der Waals surface area (Å²) in [6.45, 7) is 6.53. The number of benzene rings is 2. The summed E-state index contributed by atoms with van der Waals surface area (Å²) in [6, 6.07) is 12.7. The summed E-state index contributed by atoms with van der Waals surface area (Å²) in [7, 11) is 0. The van der Waals surface area contributed by atoms with E-state index in [1.54, 1.807) is 4.90 Å². The molecule has 2 fully saturated rings. The first-order valence-corrected chi connectivity index (χ1v) is 11.5. The summed E-state index contributed by atoms with van der Waals surface area (Å²) in [5.74, 6) is -0.462. The number of amides is 1. The van der Waals surface area contributed by atoms with Gasteiger partial charge in [-0.3, -0.25) is 9.59 Å². The average Bonchev–Trinajstić information content (AvgIpc) is 3.41. The molecule has 2 aromatic carbocycles. The highest BCUT2D eigenvalue weighted by molar-refractivity contribution is 6.46. The van der Waals surface area contributed by atoms with Gasteiger partial charge in [-0.1, -0.05) is 49.6 Å². The molecule has 1 unspecified atom stereocenters. The number of aliphatic hydroxyl groups excluding tert-OH is 1. The molecule has 2 aliphatic rings. The third-order valence-corrected chi connectivity index (χ3v) is 6.52. The second kappa shape index (κ2) is 9.19. The van der Waals surface area contributed by atoms with Gasteiger partial charge in [-0.05, 0) is 62.4 Å². The van der Waals surface area contributed by atoms with Crippen LogP contribution in [0.5, 0.6) is 5.75 Å². The van der Waals surface area contributed by atoms with Gasteiger partial charge in [0.05, 0.1) is 18.2 Å². The molecule has 1 atom stereocenters. The van der Waals surface area contributed by atoms with Gasteiger partial charge in [0, 0.05) is 11.6 Å². The average molecular weight is 434 g/mol. The molecule has 32 heavy (non-hydrogen) atoms. The highest BCUT2D eigenvalue weighted by Gasteiger charge is 2.49. The second-order valence-electron chi connectivity index (χ2n) is 8.88. The van der Waals surface area contributed by atoms with Crippen molar-refractivity contribution in [3.05, 3.63) is 70.3 Å². The fourth-order valence-electron chi connectivity index (χ4n) is 4.84. The summed E-state index contributed by atoms with van der Waals surface area (Å²) in [6.07, 6.45) is 4.76. The Labute approximate surface area is 189 Å². The number of aliphatic hydroxyl groups is 1. The number of nitrogens with zero attached hydrogens (tertiary/aromatic N) is 1. The van der Waals surface area contributed by atoms with Crippen LogP contribution < -0.4 is 4.74 Å². The van der Waals surface area contributed by atoms with Crippen molar-refractivity contribution in [1.82, 2.24) is 4.90 Å². The molecule has 0 bridgehead atoms. The van der Waals surface area contributed by atoms with E-state index in [2.05, 4.69) is 6.92 Å². The molecule has 0 radical (unpaired) electrons. The van der Waals surface area contributed by atoms with Gasteiger partial charge in [0.2, 0.25) is 0 Å². The smallest absolute Gasteiger partial charge is 0.295 e. The Morgan fingerprint density at radius 1 is 1.06 bits per heavy atom. The number of carbonyl (C=O) groups excluding carboxylic acids is 2. The zero-order valence-electron chi connectivity index (χ0n) is 19.1. The third-order valence-electron chi connectivity index (χ3n) is 6.52. The van der Waals surface area contributed by atoms with Gasteiger partial charge in [-0.15, -0.1) is 0 Å². The van der Waals surface area contributed by atoms with Crippen molar-refractivity contribution in [3.8, 4) is 5.75 Å². The molecule has 5 heteroatoms. The molecule has 1 amide bonds. The number of ketones is 1. The molecule has 0 spiro atoms. The Kier molecular flexibility index (Phi) is 6.35. The van der Waals surface area contributed by atoms with E-state index in [1.807, 2.05) is 56.3 Å². The van der Waals surface area contributed by atoms with E-state index in [4.69, 9.17) is 4.74 Å². The first-order chi connectivity index (χ1) is 15.4. The largest absolute Gasteiger partial charge is 0.507 e. The molecule has 1 heterocycles. The molecule has 168 valence electrons. The van der Waals surface area contributed by atoms with Crippen LogP contribution in [0.15, 0.2) is 48.0 Å². The molecule has 1 saturated carbocycles. The molecule has 0 aromatic heterocycles. The van der Waals surface area contributed by atoms with Gasteiger partial charge < -0.3 is 14.7 Å². The van der Waals surface area contributed by atoms with E-state index in [9.17, 15) is 14.7 Å². The second-order valence-corrected chi connectivity index (χ2v) is 8.88. The van der Waals surface area contributed by atoms with Crippen LogP contribution in [0.2, 0.25) is 0 Å². The first-order valence-electron chi connectivity index (χ1n) is 11.5. The Bertz CT molecular complexity index is 1050. The van der Waals surface area contributed by atoms with Gasteiger partial charge >= 0.3 is 0 Å². The van der Waals surface area contributed by atoms with Crippen molar-refractivity contribution in [2.45, 2.75) is 65.0 Å². The van der Waals surface area contributed by atoms with Crippen LogP contribution in [0.1, 0.15) is 67.3 Å². The highest BCUT2D eigenvalue weighted by Crippen LogP contribution is 2.44. The summed E-state index contributed by atoms with van der Waals surface area (Å²) < 4.78 is 5.71. The van der Waals surface area contributed by atoms with Gasteiger partial charge in [0.15, 0.2) is 0 Å². The molecular formula is C27H31NO4. The maximum atomic E-state index is 13.2. The van der Waals surface area contributed by atoms with Crippen molar-refractivity contribution in [2.24, 2.45) is 0 Å². The molecule has 1 saturated heterocycles. The van der Waals surface area contributed by atoms with Crippen LogP contribution >= 0.6 is 0 Å². The summed E-state index contributed by atoms with van der Waals surface area (Å²) in [4.78, 5) is 28.1. The first kappa shape index (κ1) is 22.1. The molecule has 1 aliphatic carbocycles. The van der Waals surface area contributed by atoms with Crippen molar-refractivity contribution < 1.29 is 19.4 Å². The van der Waals surface area contributed by atoms with Crippen molar-refractivity contribution in [1.29, 1.82) is 0 Å². The van der Waals surface area contributed by atoms with E-state index >= 15 is 0 Å². The Morgan fingerprint density at radius 3 is 2.41 bits per heavy atom. The number of likely N-dealkylation sites (tertiary alicyclic amines) is 1. The van der Waals surface area contributed by atoms with Gasteiger partial charge in [-0.25, -0.2) is 0 Å². The molecule has 4 rings (SSSR count). The summed E-state index contributed by atoms with van der Waals surface area (Å²) >= 11 is 0. The number of ether oxygens (including phenoxy) is 1. The van der Waals surface area contributed by atoms with Crippen LogP contribution in [0.4, 0.5) is 0 Å². The number of carbonyl (C=O) groups is 2. The number of hydrogen-bond acceptors (Lipinski definition) is 4. The lowest BCUT2D eigenvalue weighted by molar-refractivity contribution is -0.141. The lowest BCUT2D eigenvalue weighted by Gasteiger charge is -2.31. The van der Waals surface area contributed by atoms with Crippen molar-refractivity contribution >= 4 is 17.4 Å². The summed E-state index contributed by atoms with van der Waals surface area (Å²) in [5.41, 5.74) is 3.44. The number of hydrogen-bond donors (Lipinski definition) is 1. The lowest BCUT2D eigenvalue weighted by atomic mass is 9.93. The number of aryl methyl sites for hydroxylation is 2. The fourth-order valence-corrected chi connectivity index (χ4v) is 4.84. The van der Waals surface area contributed by atoms with E-state index in [1.165, 1.54) is 0 Å².